The highest BCUT2D eigenvalue weighted by Crippen LogP contribution is 2.26. The number of aryl methyl sites for hydroxylation is 1. The first kappa shape index (κ1) is 14.2. The van der Waals surface area contributed by atoms with Gasteiger partial charge in [0.15, 0.2) is 10.7 Å². The molecule has 0 atom stereocenters. The Bertz CT molecular complexity index is 977. The zero-order valence-corrected chi connectivity index (χ0v) is 13.5. The van der Waals surface area contributed by atoms with Crippen molar-refractivity contribution >= 4 is 27.9 Å². The number of halogens is 1. The predicted molar refractivity (Wildman–Crippen MR) is 84.7 cm³/mol. The minimum absolute atomic E-state index is 0.301. The Morgan fingerprint density at radius 3 is 2.96 bits per heavy atom. The van der Waals surface area contributed by atoms with E-state index in [1.54, 1.807) is 16.6 Å². The van der Waals surface area contributed by atoms with Crippen LogP contribution in [0.25, 0.3) is 16.5 Å². The first-order chi connectivity index (χ1) is 11.2. The molecule has 0 unspecified atom stereocenters. The molecule has 3 heterocycles. The highest BCUT2D eigenvalue weighted by Gasteiger charge is 2.16. The van der Waals surface area contributed by atoms with Crippen molar-refractivity contribution in [1.82, 2.24) is 25.0 Å². The zero-order valence-electron chi connectivity index (χ0n) is 11.9. The van der Waals surface area contributed by atoms with E-state index in [-0.39, 0.29) is 0 Å². The Kier molecular flexibility index (Phi) is 3.47. The second kappa shape index (κ2) is 5.64. The van der Waals surface area contributed by atoms with Crippen molar-refractivity contribution < 1.29 is 9.26 Å². The van der Waals surface area contributed by atoms with Gasteiger partial charge < -0.3 is 9.26 Å². The molecule has 3 aromatic heterocycles. The molecule has 7 nitrogen and oxygen atoms in total. The van der Waals surface area contributed by atoms with Crippen LogP contribution >= 0.6 is 22.9 Å². The number of fused-ring (bicyclic) bond motifs is 1. The maximum atomic E-state index is 6.07. The largest absolute Gasteiger partial charge is 0.485 e. The third-order valence-electron chi connectivity index (χ3n) is 3.08. The van der Waals surface area contributed by atoms with Crippen molar-refractivity contribution in [3.8, 4) is 17.3 Å². The van der Waals surface area contributed by atoms with Gasteiger partial charge in [-0.15, -0.1) is 10.2 Å². The topological polar surface area (TPSA) is 78.3 Å². The van der Waals surface area contributed by atoms with Crippen LogP contribution in [-0.4, -0.2) is 25.0 Å². The van der Waals surface area contributed by atoms with Gasteiger partial charge in [-0.05, 0) is 19.1 Å². The van der Waals surface area contributed by atoms with Gasteiger partial charge in [0.1, 0.15) is 18.1 Å². The van der Waals surface area contributed by atoms with Crippen molar-refractivity contribution in [2.24, 2.45) is 0 Å². The molecule has 0 radical (unpaired) electrons. The van der Waals surface area contributed by atoms with Gasteiger partial charge in [0.25, 0.3) is 0 Å². The summed E-state index contributed by atoms with van der Waals surface area (Å²) in [6.07, 6.45) is 0. The van der Waals surface area contributed by atoms with E-state index in [1.165, 1.54) is 11.3 Å². The molecule has 0 saturated heterocycles. The molecular formula is C14H10ClN5O2S. The quantitative estimate of drug-likeness (QED) is 0.563. The van der Waals surface area contributed by atoms with Crippen LogP contribution in [0.15, 0.2) is 34.9 Å². The molecule has 4 aromatic rings. The highest BCUT2D eigenvalue weighted by atomic mass is 35.5. The Morgan fingerprint density at radius 2 is 2.17 bits per heavy atom. The average Bonchev–Trinajstić information content (AvgIpc) is 3.21. The normalized spacial score (nSPS) is 11.2. The summed E-state index contributed by atoms with van der Waals surface area (Å²) in [6, 6.07) is 9.09. The van der Waals surface area contributed by atoms with Gasteiger partial charge in [-0.25, -0.2) is 0 Å². The van der Waals surface area contributed by atoms with Crippen LogP contribution in [0.4, 0.5) is 0 Å². The van der Waals surface area contributed by atoms with Crippen LogP contribution in [0.1, 0.15) is 10.8 Å². The van der Waals surface area contributed by atoms with E-state index >= 15 is 0 Å². The Morgan fingerprint density at radius 1 is 1.30 bits per heavy atom. The van der Waals surface area contributed by atoms with Crippen LogP contribution < -0.4 is 4.74 Å². The maximum absolute atomic E-state index is 6.07. The smallest absolute Gasteiger partial charge is 0.235 e. The Balaban J connectivity index is 1.60. The van der Waals surface area contributed by atoms with E-state index in [2.05, 4.69) is 20.5 Å². The van der Waals surface area contributed by atoms with E-state index < -0.39 is 0 Å². The van der Waals surface area contributed by atoms with Crippen LogP contribution in [-0.2, 0) is 6.61 Å². The summed E-state index contributed by atoms with van der Waals surface area (Å²) in [5, 5.41) is 17.9. The van der Waals surface area contributed by atoms with Crippen molar-refractivity contribution in [1.29, 1.82) is 0 Å². The van der Waals surface area contributed by atoms with E-state index in [9.17, 15) is 0 Å². The van der Waals surface area contributed by atoms with Gasteiger partial charge in [-0.3, -0.25) is 0 Å². The lowest BCUT2D eigenvalue weighted by Gasteiger charge is -2.04. The molecule has 0 amide bonds. The average molecular weight is 348 g/mol. The van der Waals surface area contributed by atoms with Crippen LogP contribution in [0.2, 0.25) is 5.02 Å². The number of rotatable bonds is 4. The fraction of sp³-hybridized carbons (Fsp3) is 0.143. The minimum Gasteiger partial charge on any atom is -0.485 e. The second-order valence-corrected chi connectivity index (χ2v) is 6.20. The second-order valence-electron chi connectivity index (χ2n) is 4.76. The van der Waals surface area contributed by atoms with Crippen LogP contribution in [0.3, 0.4) is 0 Å². The fourth-order valence-electron chi connectivity index (χ4n) is 2.05. The molecule has 1 aromatic carbocycles. The van der Waals surface area contributed by atoms with Gasteiger partial charge in [0.2, 0.25) is 10.8 Å². The molecule has 0 bridgehead atoms. The summed E-state index contributed by atoms with van der Waals surface area (Å²) in [7, 11) is 0. The van der Waals surface area contributed by atoms with E-state index in [4.69, 9.17) is 20.9 Å². The predicted octanol–water partition coefficient (Wildman–Crippen LogP) is 3.38. The highest BCUT2D eigenvalue weighted by molar-refractivity contribution is 7.16. The standard InChI is InChI=1S/C14H10ClN5O2S/c1-8-6-10(19-22-8)13-16-17-14-20(13)18-12(23-14)7-21-11-5-3-2-4-9(11)15/h2-6H,7H2,1H3. The van der Waals surface area contributed by atoms with Crippen LogP contribution in [0.5, 0.6) is 5.75 Å². The first-order valence-corrected chi connectivity index (χ1v) is 7.92. The summed E-state index contributed by atoms with van der Waals surface area (Å²) < 4.78 is 12.4. The summed E-state index contributed by atoms with van der Waals surface area (Å²) >= 11 is 7.46. The lowest BCUT2D eigenvalue weighted by molar-refractivity contribution is 0.304. The number of hydrogen-bond donors (Lipinski definition) is 0. The lowest BCUT2D eigenvalue weighted by Crippen LogP contribution is -1.98. The van der Waals surface area contributed by atoms with E-state index in [0.29, 0.717) is 39.6 Å². The third kappa shape index (κ3) is 2.66. The molecular weight excluding hydrogens is 338 g/mol. The maximum Gasteiger partial charge on any atom is 0.235 e. The summed E-state index contributed by atoms with van der Waals surface area (Å²) in [5.74, 6) is 1.86. The minimum atomic E-state index is 0.301. The molecule has 23 heavy (non-hydrogen) atoms. The van der Waals surface area contributed by atoms with Gasteiger partial charge >= 0.3 is 0 Å². The molecule has 0 aliphatic rings. The third-order valence-corrected chi connectivity index (χ3v) is 4.26. The van der Waals surface area contributed by atoms with Crippen molar-refractivity contribution in [3.05, 3.63) is 46.1 Å². The summed E-state index contributed by atoms with van der Waals surface area (Å²) in [6.45, 7) is 2.12. The van der Waals surface area contributed by atoms with E-state index in [0.717, 1.165) is 5.01 Å². The molecule has 9 heteroatoms. The fourth-order valence-corrected chi connectivity index (χ4v) is 2.98. The van der Waals surface area contributed by atoms with Crippen LogP contribution in [0, 0.1) is 6.92 Å². The summed E-state index contributed by atoms with van der Waals surface area (Å²) in [5.41, 5.74) is 0.596. The van der Waals surface area contributed by atoms with Crippen molar-refractivity contribution in [2.45, 2.75) is 13.5 Å². The SMILES string of the molecule is Cc1cc(-c2nnc3sc(COc4ccccc4Cl)nn23)no1. The molecule has 4 rings (SSSR count). The van der Waals surface area contributed by atoms with E-state index in [1.807, 2.05) is 25.1 Å². The molecule has 0 aliphatic heterocycles. The van der Waals surface area contributed by atoms with Gasteiger partial charge in [-0.1, -0.05) is 40.2 Å². The molecule has 116 valence electrons. The number of benzene rings is 1. The molecule has 0 fully saturated rings. The lowest BCUT2D eigenvalue weighted by atomic mass is 10.3. The number of aromatic nitrogens is 5. The number of para-hydroxylation sites is 1. The monoisotopic (exact) mass is 347 g/mol. The molecule has 0 aliphatic carbocycles. The van der Waals surface area contributed by atoms with Gasteiger partial charge in [-0.2, -0.15) is 9.61 Å². The molecule has 0 saturated carbocycles. The first-order valence-electron chi connectivity index (χ1n) is 6.73. The number of hydrogen-bond acceptors (Lipinski definition) is 7. The van der Waals surface area contributed by atoms with Crippen molar-refractivity contribution in [2.75, 3.05) is 0 Å². The number of ether oxygens (including phenoxy) is 1. The Labute approximate surface area is 139 Å². The summed E-state index contributed by atoms with van der Waals surface area (Å²) in [4.78, 5) is 0.665. The van der Waals surface area contributed by atoms with Gasteiger partial charge in [0.05, 0.1) is 5.02 Å². The van der Waals surface area contributed by atoms with Gasteiger partial charge in [0, 0.05) is 6.07 Å². The zero-order chi connectivity index (χ0) is 15.8. The number of nitrogens with zero attached hydrogens (tertiary/aromatic N) is 5. The van der Waals surface area contributed by atoms with Crippen molar-refractivity contribution in [3.63, 3.8) is 0 Å². The Hall–Kier alpha value is -2.45. The molecule has 0 N–H and O–H groups in total. The molecule has 0 spiro atoms.